The third-order valence-electron chi connectivity index (χ3n) is 2.65. The number of alkyl halides is 2. The van der Waals surface area contributed by atoms with Crippen LogP contribution in [0.3, 0.4) is 0 Å². The highest BCUT2D eigenvalue weighted by Gasteiger charge is 2.34. The van der Waals surface area contributed by atoms with Gasteiger partial charge in [0.1, 0.15) is 0 Å². The van der Waals surface area contributed by atoms with Crippen LogP contribution in [-0.2, 0) is 0 Å². The minimum Gasteiger partial charge on any atom is -0.330 e. The van der Waals surface area contributed by atoms with Crippen molar-refractivity contribution in [2.75, 3.05) is 19.6 Å². The van der Waals surface area contributed by atoms with E-state index in [9.17, 15) is 8.78 Å². The maximum atomic E-state index is 11.7. The third kappa shape index (κ3) is 2.38. The molecular formula is C8H16F2N2. The Morgan fingerprint density at radius 3 is 2.42 bits per heavy atom. The van der Waals surface area contributed by atoms with Crippen LogP contribution in [0.1, 0.15) is 19.3 Å². The van der Waals surface area contributed by atoms with Crippen LogP contribution in [0.4, 0.5) is 8.78 Å². The molecule has 2 nitrogen and oxygen atoms in total. The minimum atomic E-state index is -2.25. The summed E-state index contributed by atoms with van der Waals surface area (Å²) in [4.78, 5) is 0. The molecule has 0 spiro atoms. The molecule has 0 amide bonds. The van der Waals surface area contributed by atoms with Gasteiger partial charge in [0.05, 0.1) is 6.54 Å². The summed E-state index contributed by atoms with van der Waals surface area (Å²) in [6.07, 6.45) is 1.10. The molecule has 1 fully saturated rings. The molecule has 0 heterocycles. The molecule has 0 aliphatic heterocycles. The highest BCUT2D eigenvalue weighted by molar-refractivity contribution is 4.90. The summed E-state index contributed by atoms with van der Waals surface area (Å²) in [6.45, 7) is 1.05. The van der Waals surface area contributed by atoms with E-state index in [-0.39, 0.29) is 12.0 Å². The minimum absolute atomic E-state index is 0.134. The van der Waals surface area contributed by atoms with Crippen LogP contribution in [0.15, 0.2) is 0 Å². The molecule has 0 aromatic carbocycles. The van der Waals surface area contributed by atoms with Crippen molar-refractivity contribution in [3.05, 3.63) is 0 Å². The van der Waals surface area contributed by atoms with E-state index >= 15 is 0 Å². The summed E-state index contributed by atoms with van der Waals surface area (Å²) in [7, 11) is 0. The summed E-state index contributed by atoms with van der Waals surface area (Å²) in [5, 5.41) is 2.75. The first kappa shape index (κ1) is 9.86. The first-order valence-electron chi connectivity index (χ1n) is 4.37. The van der Waals surface area contributed by atoms with E-state index in [4.69, 9.17) is 5.73 Å². The zero-order chi connectivity index (χ0) is 9.03. The molecule has 3 N–H and O–H groups in total. The summed E-state index contributed by atoms with van der Waals surface area (Å²) in [5.41, 5.74) is 5.69. The van der Waals surface area contributed by atoms with Gasteiger partial charge >= 0.3 is 0 Å². The van der Waals surface area contributed by atoms with Crippen molar-refractivity contribution in [3.8, 4) is 0 Å². The Bertz CT molecular complexity index is 130. The molecule has 1 saturated carbocycles. The van der Waals surface area contributed by atoms with Crippen molar-refractivity contribution in [1.82, 2.24) is 5.32 Å². The fraction of sp³-hybridized carbons (Fsp3) is 1.00. The normalized spacial score (nSPS) is 21.0. The van der Waals surface area contributed by atoms with E-state index in [0.29, 0.717) is 13.1 Å². The van der Waals surface area contributed by atoms with Crippen LogP contribution < -0.4 is 11.1 Å². The van der Waals surface area contributed by atoms with Crippen molar-refractivity contribution in [2.45, 2.75) is 25.7 Å². The third-order valence-corrected chi connectivity index (χ3v) is 2.65. The van der Waals surface area contributed by atoms with E-state index in [1.54, 1.807) is 0 Å². The van der Waals surface area contributed by atoms with Crippen molar-refractivity contribution in [1.29, 1.82) is 0 Å². The maximum absolute atomic E-state index is 11.7. The topological polar surface area (TPSA) is 38.0 Å². The smallest absolute Gasteiger partial charge is 0.250 e. The monoisotopic (exact) mass is 178 g/mol. The molecule has 1 aliphatic rings. The second-order valence-electron chi connectivity index (χ2n) is 3.58. The Morgan fingerprint density at radius 1 is 1.42 bits per heavy atom. The Balaban J connectivity index is 2.12. The highest BCUT2D eigenvalue weighted by atomic mass is 19.3. The molecular weight excluding hydrogens is 162 g/mol. The van der Waals surface area contributed by atoms with Crippen LogP contribution in [0, 0.1) is 5.41 Å². The van der Waals surface area contributed by atoms with Crippen molar-refractivity contribution >= 4 is 0 Å². The molecule has 0 bridgehead atoms. The van der Waals surface area contributed by atoms with Gasteiger partial charge in [-0.1, -0.05) is 6.42 Å². The molecule has 0 atom stereocenters. The summed E-state index contributed by atoms with van der Waals surface area (Å²) in [6, 6.07) is 0. The predicted molar refractivity (Wildman–Crippen MR) is 44.2 cm³/mol. The summed E-state index contributed by atoms with van der Waals surface area (Å²) >= 11 is 0. The van der Waals surface area contributed by atoms with Crippen LogP contribution in [-0.4, -0.2) is 26.1 Å². The average molecular weight is 178 g/mol. The number of rotatable bonds is 5. The van der Waals surface area contributed by atoms with Gasteiger partial charge < -0.3 is 11.1 Å². The number of nitrogens with two attached hydrogens (primary N) is 1. The lowest BCUT2D eigenvalue weighted by Crippen LogP contribution is -2.46. The first-order valence-corrected chi connectivity index (χ1v) is 4.37. The van der Waals surface area contributed by atoms with Gasteiger partial charge in [-0.15, -0.1) is 0 Å². The number of hydrogen-bond donors (Lipinski definition) is 2. The quantitative estimate of drug-likeness (QED) is 0.658. The van der Waals surface area contributed by atoms with Crippen molar-refractivity contribution < 1.29 is 8.78 Å². The number of halogens is 2. The molecule has 1 aliphatic carbocycles. The summed E-state index contributed by atoms with van der Waals surface area (Å²) in [5.74, 6) is 0. The standard InChI is InChI=1S/C8H16F2N2/c9-7(10)4-12-6-8(5-11)2-1-3-8/h7,12H,1-6,11H2. The molecule has 0 aromatic heterocycles. The van der Waals surface area contributed by atoms with Gasteiger partial charge in [-0.05, 0) is 24.8 Å². The van der Waals surface area contributed by atoms with Crippen LogP contribution in [0.5, 0.6) is 0 Å². The predicted octanol–water partition coefficient (Wildman–Crippen LogP) is 0.970. The molecule has 0 aromatic rings. The highest BCUT2D eigenvalue weighted by Crippen LogP contribution is 2.38. The van der Waals surface area contributed by atoms with Gasteiger partial charge in [0.15, 0.2) is 0 Å². The van der Waals surface area contributed by atoms with E-state index in [1.807, 2.05) is 0 Å². The van der Waals surface area contributed by atoms with Gasteiger partial charge in [-0.25, -0.2) is 8.78 Å². The van der Waals surface area contributed by atoms with Crippen molar-refractivity contribution in [2.24, 2.45) is 11.1 Å². The largest absolute Gasteiger partial charge is 0.330 e. The van der Waals surface area contributed by atoms with Gasteiger partial charge in [0, 0.05) is 6.54 Å². The van der Waals surface area contributed by atoms with E-state index < -0.39 is 6.43 Å². The van der Waals surface area contributed by atoms with Crippen molar-refractivity contribution in [3.63, 3.8) is 0 Å². The van der Waals surface area contributed by atoms with Gasteiger partial charge in [-0.3, -0.25) is 0 Å². The van der Waals surface area contributed by atoms with Gasteiger partial charge in [-0.2, -0.15) is 0 Å². The lowest BCUT2D eigenvalue weighted by Gasteiger charge is -2.41. The SMILES string of the molecule is NCC1(CNCC(F)F)CCC1. The fourth-order valence-electron chi connectivity index (χ4n) is 1.58. The molecule has 4 heteroatoms. The number of hydrogen-bond acceptors (Lipinski definition) is 2. The molecule has 72 valence electrons. The van der Waals surface area contributed by atoms with Gasteiger partial charge in [0.2, 0.25) is 0 Å². The second-order valence-corrected chi connectivity index (χ2v) is 3.58. The first-order chi connectivity index (χ1) is 5.68. The maximum Gasteiger partial charge on any atom is 0.250 e. The molecule has 12 heavy (non-hydrogen) atoms. The lowest BCUT2D eigenvalue weighted by atomic mass is 9.69. The Labute approximate surface area is 71.5 Å². The zero-order valence-corrected chi connectivity index (χ0v) is 7.15. The van der Waals surface area contributed by atoms with E-state index in [0.717, 1.165) is 12.8 Å². The number of nitrogens with one attached hydrogen (secondary N) is 1. The van der Waals surface area contributed by atoms with E-state index in [2.05, 4.69) is 5.32 Å². The Hall–Kier alpha value is -0.220. The van der Waals surface area contributed by atoms with Gasteiger partial charge in [0.25, 0.3) is 6.43 Å². The second kappa shape index (κ2) is 4.14. The Kier molecular flexibility index (Phi) is 3.40. The molecule has 0 saturated heterocycles. The average Bonchev–Trinajstić information content (AvgIpc) is 1.94. The lowest BCUT2D eigenvalue weighted by molar-refractivity contribution is 0.111. The Morgan fingerprint density at radius 2 is 2.08 bits per heavy atom. The van der Waals surface area contributed by atoms with Crippen LogP contribution >= 0.6 is 0 Å². The molecule has 0 radical (unpaired) electrons. The molecule has 0 unspecified atom stereocenters. The molecule has 1 rings (SSSR count). The van der Waals surface area contributed by atoms with Crippen LogP contribution in [0.2, 0.25) is 0 Å². The summed E-state index contributed by atoms with van der Waals surface area (Å²) < 4.78 is 23.5. The fourth-order valence-corrected chi connectivity index (χ4v) is 1.58. The zero-order valence-electron chi connectivity index (χ0n) is 7.15. The van der Waals surface area contributed by atoms with Crippen LogP contribution in [0.25, 0.3) is 0 Å². The van der Waals surface area contributed by atoms with E-state index in [1.165, 1.54) is 6.42 Å².